The summed E-state index contributed by atoms with van der Waals surface area (Å²) in [5.41, 5.74) is -0.0566. The number of amides is 2. The first-order valence-electron chi connectivity index (χ1n) is 9.29. The highest BCUT2D eigenvalue weighted by Crippen LogP contribution is 2.20. The Kier molecular flexibility index (Phi) is 7.00. The zero-order valence-electron chi connectivity index (χ0n) is 16.2. The highest BCUT2D eigenvalue weighted by molar-refractivity contribution is 7.89. The summed E-state index contributed by atoms with van der Waals surface area (Å²) in [5, 5.41) is 5.30. The molecule has 0 atom stereocenters. The number of nitrogens with one attached hydrogen (secondary N) is 2. The fourth-order valence-electron chi connectivity index (χ4n) is 2.93. The largest absolute Gasteiger partial charge is 0.350 e. The maximum absolute atomic E-state index is 12.7. The Hall–Kier alpha value is -1.93. The first-order chi connectivity index (χ1) is 12.6. The zero-order valence-corrected chi connectivity index (χ0v) is 17.1. The quantitative estimate of drug-likeness (QED) is 0.796. The van der Waals surface area contributed by atoms with E-state index in [9.17, 15) is 18.0 Å². The Labute approximate surface area is 161 Å². The van der Waals surface area contributed by atoms with E-state index in [1.165, 1.54) is 28.6 Å². The van der Waals surface area contributed by atoms with E-state index in [2.05, 4.69) is 10.6 Å². The van der Waals surface area contributed by atoms with Crippen LogP contribution in [0.5, 0.6) is 0 Å². The van der Waals surface area contributed by atoms with E-state index < -0.39 is 15.9 Å². The van der Waals surface area contributed by atoms with Gasteiger partial charge in [0.05, 0.1) is 11.4 Å². The van der Waals surface area contributed by atoms with E-state index in [1.807, 2.05) is 20.8 Å². The second kappa shape index (κ2) is 8.84. The average molecular weight is 396 g/mol. The Bertz CT molecular complexity index is 759. The van der Waals surface area contributed by atoms with E-state index in [0.29, 0.717) is 18.7 Å². The number of hydrogen-bond acceptors (Lipinski definition) is 4. The van der Waals surface area contributed by atoms with Gasteiger partial charge in [-0.1, -0.05) is 12.8 Å². The van der Waals surface area contributed by atoms with Gasteiger partial charge in [0, 0.05) is 24.2 Å². The van der Waals surface area contributed by atoms with E-state index in [4.69, 9.17) is 0 Å². The first-order valence-corrected chi connectivity index (χ1v) is 10.7. The van der Waals surface area contributed by atoms with Crippen molar-refractivity contribution < 1.29 is 18.0 Å². The van der Waals surface area contributed by atoms with Crippen molar-refractivity contribution in [2.24, 2.45) is 0 Å². The molecule has 0 aromatic heterocycles. The Balaban J connectivity index is 1.99. The van der Waals surface area contributed by atoms with Crippen LogP contribution in [-0.4, -0.2) is 49.7 Å². The summed E-state index contributed by atoms with van der Waals surface area (Å²) >= 11 is 0. The molecule has 1 aromatic rings. The topological polar surface area (TPSA) is 95.6 Å². The lowest BCUT2D eigenvalue weighted by Crippen LogP contribution is -2.45. The van der Waals surface area contributed by atoms with E-state index in [1.54, 1.807) is 0 Å². The fraction of sp³-hybridized carbons (Fsp3) is 0.579. The summed E-state index contributed by atoms with van der Waals surface area (Å²) in [6, 6.07) is 5.85. The third-order valence-corrected chi connectivity index (χ3v) is 6.16. The van der Waals surface area contributed by atoms with Crippen molar-refractivity contribution in [1.29, 1.82) is 0 Å². The summed E-state index contributed by atoms with van der Waals surface area (Å²) in [5.74, 6) is -0.700. The van der Waals surface area contributed by atoms with Gasteiger partial charge in [-0.05, 0) is 57.9 Å². The molecule has 8 heteroatoms. The minimum atomic E-state index is -3.54. The summed E-state index contributed by atoms with van der Waals surface area (Å²) in [6.45, 7) is 6.51. The average Bonchev–Trinajstić information content (AvgIpc) is 2.88. The van der Waals surface area contributed by atoms with Crippen LogP contribution < -0.4 is 10.6 Å². The van der Waals surface area contributed by atoms with Gasteiger partial charge in [0.15, 0.2) is 0 Å². The van der Waals surface area contributed by atoms with Gasteiger partial charge in [-0.25, -0.2) is 8.42 Å². The van der Waals surface area contributed by atoms with Crippen LogP contribution in [-0.2, 0) is 14.8 Å². The number of benzene rings is 1. The molecule has 1 saturated heterocycles. The van der Waals surface area contributed by atoms with Gasteiger partial charge >= 0.3 is 0 Å². The lowest BCUT2D eigenvalue weighted by Gasteiger charge is -2.20. The summed E-state index contributed by atoms with van der Waals surface area (Å²) in [4.78, 5) is 24.1. The number of nitrogens with zero attached hydrogens (tertiary/aromatic N) is 1. The zero-order chi connectivity index (χ0) is 20.1. The van der Waals surface area contributed by atoms with Crippen molar-refractivity contribution in [1.82, 2.24) is 14.9 Å². The molecule has 2 N–H and O–H groups in total. The van der Waals surface area contributed by atoms with Crippen LogP contribution in [0.25, 0.3) is 0 Å². The molecule has 2 amide bonds. The molecule has 0 aliphatic carbocycles. The molecule has 1 aliphatic rings. The molecule has 1 aliphatic heterocycles. The predicted octanol–water partition coefficient (Wildman–Crippen LogP) is 1.90. The monoisotopic (exact) mass is 395 g/mol. The fourth-order valence-corrected chi connectivity index (χ4v) is 4.45. The van der Waals surface area contributed by atoms with Crippen molar-refractivity contribution >= 4 is 21.8 Å². The molecule has 7 nitrogen and oxygen atoms in total. The van der Waals surface area contributed by atoms with Gasteiger partial charge in [-0.3, -0.25) is 9.59 Å². The van der Waals surface area contributed by atoms with Crippen molar-refractivity contribution in [2.45, 2.75) is 56.9 Å². The van der Waals surface area contributed by atoms with Crippen LogP contribution in [0.2, 0.25) is 0 Å². The van der Waals surface area contributed by atoms with Crippen molar-refractivity contribution in [3.8, 4) is 0 Å². The lowest BCUT2D eigenvalue weighted by atomic mass is 10.1. The number of carbonyl (C=O) groups is 2. The summed E-state index contributed by atoms with van der Waals surface area (Å²) in [7, 11) is -3.54. The molecule has 27 heavy (non-hydrogen) atoms. The second-order valence-corrected chi connectivity index (χ2v) is 9.76. The standard InChI is InChI=1S/C19H29N3O4S/c1-19(2,3)21-17(23)14-20-18(24)15-8-10-16(11-9-15)27(25,26)22-12-6-4-5-7-13-22/h8-11H,4-7,12-14H2,1-3H3,(H,20,24)(H,21,23). The molecule has 0 bridgehead atoms. The van der Waals surface area contributed by atoms with Crippen molar-refractivity contribution in [3.05, 3.63) is 29.8 Å². The molecular formula is C19H29N3O4S. The van der Waals surface area contributed by atoms with E-state index in [0.717, 1.165) is 25.7 Å². The Morgan fingerprint density at radius 3 is 2.07 bits per heavy atom. The Morgan fingerprint density at radius 2 is 1.56 bits per heavy atom. The maximum Gasteiger partial charge on any atom is 0.251 e. The number of hydrogen-bond donors (Lipinski definition) is 2. The predicted molar refractivity (Wildman–Crippen MR) is 104 cm³/mol. The molecule has 1 aromatic carbocycles. The number of rotatable bonds is 5. The van der Waals surface area contributed by atoms with Gasteiger partial charge in [-0.2, -0.15) is 4.31 Å². The van der Waals surface area contributed by atoms with Crippen LogP contribution in [0.1, 0.15) is 56.8 Å². The minimum Gasteiger partial charge on any atom is -0.350 e. The van der Waals surface area contributed by atoms with Crippen molar-refractivity contribution in [2.75, 3.05) is 19.6 Å². The van der Waals surface area contributed by atoms with Gasteiger partial charge in [0.2, 0.25) is 15.9 Å². The van der Waals surface area contributed by atoms with Gasteiger partial charge in [-0.15, -0.1) is 0 Å². The lowest BCUT2D eigenvalue weighted by molar-refractivity contribution is -0.121. The molecular weight excluding hydrogens is 366 g/mol. The molecule has 0 saturated carbocycles. The Morgan fingerprint density at radius 1 is 1.00 bits per heavy atom. The summed E-state index contributed by atoms with van der Waals surface area (Å²) < 4.78 is 27.0. The molecule has 1 fully saturated rings. The highest BCUT2D eigenvalue weighted by Gasteiger charge is 2.25. The first kappa shape index (κ1) is 21.4. The van der Waals surface area contributed by atoms with Gasteiger partial charge in [0.1, 0.15) is 0 Å². The molecule has 2 rings (SSSR count). The molecule has 0 spiro atoms. The smallest absolute Gasteiger partial charge is 0.251 e. The number of carbonyl (C=O) groups excluding carboxylic acids is 2. The third-order valence-electron chi connectivity index (χ3n) is 4.24. The van der Waals surface area contributed by atoms with Crippen LogP contribution in [0.15, 0.2) is 29.2 Å². The normalized spacial score (nSPS) is 16.4. The van der Waals surface area contributed by atoms with Gasteiger partial charge in [0.25, 0.3) is 5.91 Å². The van der Waals surface area contributed by atoms with Crippen LogP contribution in [0.4, 0.5) is 0 Å². The summed E-state index contributed by atoms with van der Waals surface area (Å²) in [6.07, 6.45) is 3.84. The maximum atomic E-state index is 12.7. The van der Waals surface area contributed by atoms with Crippen LogP contribution in [0.3, 0.4) is 0 Å². The van der Waals surface area contributed by atoms with Crippen LogP contribution in [0, 0.1) is 0 Å². The minimum absolute atomic E-state index is 0.135. The second-order valence-electron chi connectivity index (χ2n) is 7.82. The molecule has 1 heterocycles. The number of sulfonamides is 1. The molecule has 0 radical (unpaired) electrons. The highest BCUT2D eigenvalue weighted by atomic mass is 32.2. The van der Waals surface area contributed by atoms with E-state index in [-0.39, 0.29) is 22.9 Å². The van der Waals surface area contributed by atoms with Crippen LogP contribution >= 0.6 is 0 Å². The van der Waals surface area contributed by atoms with E-state index >= 15 is 0 Å². The SMILES string of the molecule is CC(C)(C)NC(=O)CNC(=O)c1ccc(S(=O)(=O)N2CCCCCC2)cc1. The van der Waals surface area contributed by atoms with Gasteiger partial charge < -0.3 is 10.6 Å². The molecule has 150 valence electrons. The third kappa shape index (κ3) is 6.32. The molecule has 0 unspecified atom stereocenters. The van der Waals surface area contributed by atoms with Crippen molar-refractivity contribution in [3.63, 3.8) is 0 Å².